The lowest BCUT2D eigenvalue weighted by atomic mass is 10.2. The topological polar surface area (TPSA) is 118 Å². The maximum Gasteiger partial charge on any atom is 0.339 e. The molecule has 0 spiro atoms. The molecule has 0 saturated carbocycles. The van der Waals surface area contributed by atoms with Crippen LogP contribution >= 0.6 is 69.6 Å². The fourth-order valence-corrected chi connectivity index (χ4v) is 3.10. The smallest absolute Gasteiger partial charge is 0.339 e. The van der Waals surface area contributed by atoms with Crippen molar-refractivity contribution in [3.05, 3.63) is 69.6 Å². The number of hydrogen-bond donors (Lipinski definition) is 2. The van der Waals surface area contributed by atoms with E-state index in [4.69, 9.17) is 79.8 Å². The lowest BCUT2D eigenvalue weighted by molar-refractivity contribution is -0.384. The van der Waals surface area contributed by atoms with Crippen LogP contribution in [0, 0.1) is 10.1 Å². The molecule has 2 aromatic carbocycles. The van der Waals surface area contributed by atoms with Crippen LogP contribution < -0.4 is 0 Å². The number of carbonyl (C=O) groups is 2. The molecule has 27 heavy (non-hydrogen) atoms. The number of benzene rings is 2. The van der Waals surface area contributed by atoms with Crippen LogP contribution in [0.15, 0.2) is 18.2 Å². The van der Waals surface area contributed by atoms with Crippen molar-refractivity contribution in [2.75, 3.05) is 0 Å². The molecule has 7 nitrogen and oxygen atoms in total. The summed E-state index contributed by atoms with van der Waals surface area (Å²) in [6.45, 7) is 0. The van der Waals surface area contributed by atoms with Gasteiger partial charge in [-0.15, -0.1) is 0 Å². The molecule has 0 fully saturated rings. The zero-order chi connectivity index (χ0) is 21.0. The van der Waals surface area contributed by atoms with E-state index in [2.05, 4.69) is 0 Å². The first kappa shape index (κ1) is 23.6. The Morgan fingerprint density at radius 2 is 1.22 bits per heavy atom. The highest BCUT2D eigenvalue weighted by atomic mass is 35.5. The van der Waals surface area contributed by atoms with E-state index in [0.29, 0.717) is 0 Å². The molecular weight excluding hydrogens is 491 g/mol. The van der Waals surface area contributed by atoms with E-state index < -0.39 is 33.1 Å². The number of carboxylic acids is 2. The Hall–Kier alpha value is -1.48. The molecule has 2 rings (SSSR count). The lowest BCUT2D eigenvalue weighted by Gasteiger charge is -2.04. The van der Waals surface area contributed by atoms with Crippen LogP contribution in [0.5, 0.6) is 0 Å². The van der Waals surface area contributed by atoms with Gasteiger partial charge in [0, 0.05) is 6.07 Å². The van der Waals surface area contributed by atoms with Crippen LogP contribution in [-0.4, -0.2) is 27.1 Å². The molecule has 0 radical (unpaired) electrons. The minimum Gasteiger partial charge on any atom is -0.478 e. The van der Waals surface area contributed by atoms with Gasteiger partial charge in [0.1, 0.15) is 10.6 Å². The highest BCUT2D eigenvalue weighted by Crippen LogP contribution is 2.38. The van der Waals surface area contributed by atoms with Crippen molar-refractivity contribution < 1.29 is 24.7 Å². The van der Waals surface area contributed by atoms with Gasteiger partial charge in [-0.05, 0) is 12.1 Å². The Kier molecular flexibility index (Phi) is 8.41. The summed E-state index contributed by atoms with van der Waals surface area (Å²) < 4.78 is 0. The van der Waals surface area contributed by atoms with Crippen LogP contribution in [-0.2, 0) is 0 Å². The number of halogens is 6. The Morgan fingerprint density at radius 3 is 1.63 bits per heavy atom. The average molecular weight is 496 g/mol. The molecule has 0 aromatic heterocycles. The number of aromatic carboxylic acids is 2. The molecule has 0 aliphatic heterocycles. The minimum absolute atomic E-state index is 0.0309. The Bertz CT molecular complexity index is 948. The van der Waals surface area contributed by atoms with E-state index >= 15 is 0 Å². The van der Waals surface area contributed by atoms with Crippen molar-refractivity contribution in [3.8, 4) is 0 Å². The molecule has 0 saturated heterocycles. The second-order valence-electron chi connectivity index (χ2n) is 4.47. The summed E-state index contributed by atoms with van der Waals surface area (Å²) in [5.41, 5.74) is -1.33. The van der Waals surface area contributed by atoms with Crippen LogP contribution in [0.2, 0.25) is 30.1 Å². The molecule has 144 valence electrons. The van der Waals surface area contributed by atoms with E-state index in [1.54, 1.807) is 0 Å². The maximum atomic E-state index is 10.7. The van der Waals surface area contributed by atoms with E-state index in [1.807, 2.05) is 0 Å². The maximum absolute atomic E-state index is 10.7. The summed E-state index contributed by atoms with van der Waals surface area (Å²) >= 11 is 33.3. The largest absolute Gasteiger partial charge is 0.478 e. The average Bonchev–Trinajstić information content (AvgIpc) is 2.54. The Morgan fingerprint density at radius 1 is 0.778 bits per heavy atom. The Labute approximate surface area is 181 Å². The summed E-state index contributed by atoms with van der Waals surface area (Å²) in [7, 11) is 0. The molecule has 0 aliphatic carbocycles. The van der Waals surface area contributed by atoms with Gasteiger partial charge >= 0.3 is 11.9 Å². The summed E-state index contributed by atoms with van der Waals surface area (Å²) in [6, 6.07) is 3.73. The zero-order valence-corrected chi connectivity index (χ0v) is 17.0. The third-order valence-corrected chi connectivity index (χ3v) is 5.09. The predicted octanol–water partition coefficient (Wildman–Crippen LogP) is 6.60. The van der Waals surface area contributed by atoms with Gasteiger partial charge in [-0.3, -0.25) is 10.1 Å². The molecule has 0 amide bonds. The van der Waals surface area contributed by atoms with Crippen molar-refractivity contribution in [1.29, 1.82) is 0 Å². The number of rotatable bonds is 3. The molecule has 0 heterocycles. The van der Waals surface area contributed by atoms with Gasteiger partial charge in [-0.1, -0.05) is 69.6 Å². The fraction of sp³-hybridized carbons (Fsp3) is 0. The van der Waals surface area contributed by atoms with Crippen LogP contribution in [0.4, 0.5) is 5.69 Å². The van der Waals surface area contributed by atoms with Crippen molar-refractivity contribution in [1.82, 2.24) is 0 Å². The monoisotopic (exact) mass is 493 g/mol. The second kappa shape index (κ2) is 9.64. The van der Waals surface area contributed by atoms with E-state index in [1.165, 1.54) is 12.1 Å². The first-order valence-electron chi connectivity index (χ1n) is 6.32. The van der Waals surface area contributed by atoms with Crippen molar-refractivity contribution in [2.24, 2.45) is 0 Å². The molecular formula is C14H5Cl6NO6. The van der Waals surface area contributed by atoms with Gasteiger partial charge in [0.25, 0.3) is 5.69 Å². The summed E-state index contributed by atoms with van der Waals surface area (Å²) in [6.07, 6.45) is 0. The molecule has 2 N–H and O–H groups in total. The first-order chi connectivity index (χ1) is 12.4. The van der Waals surface area contributed by atoms with Crippen LogP contribution in [0.1, 0.15) is 20.7 Å². The van der Waals surface area contributed by atoms with Gasteiger partial charge in [0.05, 0.1) is 35.6 Å². The standard InChI is InChI=1S/C7H2Cl3NO4.C7H3Cl3O2/c8-2-1-3(11(14)15)6(10)4(5(2)9)7(12)13;8-3-1-2-4(9)6(10)5(3)7(11)12/h1H,(H,12,13);1-2H,(H,11,12). The van der Waals surface area contributed by atoms with Crippen molar-refractivity contribution >= 4 is 87.2 Å². The van der Waals surface area contributed by atoms with Crippen LogP contribution in [0.3, 0.4) is 0 Å². The SMILES string of the molecule is O=C(O)c1c(Cl)c(Cl)cc([N+](=O)[O-])c1Cl.O=C(O)c1c(Cl)ccc(Cl)c1Cl. The van der Waals surface area contributed by atoms with Gasteiger partial charge in [-0.2, -0.15) is 0 Å². The normalized spacial score (nSPS) is 10.0. The Balaban J connectivity index is 0.000000277. The van der Waals surface area contributed by atoms with Gasteiger partial charge in [0.2, 0.25) is 0 Å². The van der Waals surface area contributed by atoms with Gasteiger partial charge in [0.15, 0.2) is 0 Å². The lowest BCUT2D eigenvalue weighted by Crippen LogP contribution is -2.02. The number of carboxylic acid groups (broad SMARTS) is 2. The molecule has 2 aromatic rings. The quantitative estimate of drug-likeness (QED) is 0.281. The predicted molar refractivity (Wildman–Crippen MR) is 104 cm³/mol. The highest BCUT2D eigenvalue weighted by Gasteiger charge is 2.25. The third-order valence-electron chi connectivity index (χ3n) is 2.81. The fourth-order valence-electron chi connectivity index (χ4n) is 1.63. The summed E-state index contributed by atoms with van der Waals surface area (Å²) in [4.78, 5) is 30.9. The molecule has 0 aliphatic rings. The van der Waals surface area contributed by atoms with E-state index in [-0.39, 0.29) is 30.7 Å². The zero-order valence-electron chi connectivity index (χ0n) is 12.5. The van der Waals surface area contributed by atoms with Crippen molar-refractivity contribution in [3.63, 3.8) is 0 Å². The molecule has 0 unspecified atom stereocenters. The molecule has 0 atom stereocenters. The van der Waals surface area contributed by atoms with Gasteiger partial charge in [-0.25, -0.2) is 9.59 Å². The number of nitrogens with zero attached hydrogens (tertiary/aromatic N) is 1. The minimum atomic E-state index is -1.48. The first-order valence-corrected chi connectivity index (χ1v) is 8.58. The second-order valence-corrected chi connectivity index (χ2v) is 6.82. The molecule has 13 heteroatoms. The number of hydrogen-bond acceptors (Lipinski definition) is 4. The number of nitro groups is 1. The summed E-state index contributed by atoms with van der Waals surface area (Å²) in [5, 5.41) is 27.0. The van der Waals surface area contributed by atoms with Crippen LogP contribution in [0.25, 0.3) is 0 Å². The summed E-state index contributed by atoms with van der Waals surface area (Å²) in [5.74, 6) is -2.66. The van der Waals surface area contributed by atoms with E-state index in [9.17, 15) is 19.7 Å². The van der Waals surface area contributed by atoms with E-state index in [0.717, 1.165) is 6.07 Å². The molecule has 0 bridgehead atoms. The number of nitro benzene ring substituents is 1. The van der Waals surface area contributed by atoms with Gasteiger partial charge < -0.3 is 10.2 Å². The third kappa shape index (κ3) is 5.51. The van der Waals surface area contributed by atoms with Crippen molar-refractivity contribution in [2.45, 2.75) is 0 Å². The highest BCUT2D eigenvalue weighted by molar-refractivity contribution is 6.47.